The Morgan fingerprint density at radius 1 is 1.17 bits per heavy atom. The molecule has 6 nitrogen and oxygen atoms in total. The Labute approximate surface area is 173 Å². The van der Waals surface area contributed by atoms with Crippen LogP contribution in [0.3, 0.4) is 0 Å². The summed E-state index contributed by atoms with van der Waals surface area (Å²) in [5.41, 5.74) is 4.60. The number of amides is 1. The van der Waals surface area contributed by atoms with Gasteiger partial charge in [-0.2, -0.15) is 0 Å². The number of carbonyl (C=O) groups excluding carboxylic acids is 2. The third kappa shape index (κ3) is 3.58. The number of thioether (sulfide) groups is 1. The van der Waals surface area contributed by atoms with E-state index in [1.165, 1.54) is 11.8 Å². The number of hydrogen-bond donors (Lipinski definition) is 0. The third-order valence-electron chi connectivity index (χ3n) is 5.23. The van der Waals surface area contributed by atoms with Crippen molar-refractivity contribution in [1.29, 1.82) is 0 Å². The summed E-state index contributed by atoms with van der Waals surface area (Å²) >= 11 is 1.39. The van der Waals surface area contributed by atoms with Crippen molar-refractivity contribution < 1.29 is 9.59 Å². The van der Waals surface area contributed by atoms with E-state index in [2.05, 4.69) is 23.2 Å². The molecule has 1 aliphatic rings. The molecule has 7 heteroatoms. The molecule has 148 valence electrons. The molecule has 0 atom stereocenters. The summed E-state index contributed by atoms with van der Waals surface area (Å²) in [5.74, 6) is 1.16. The van der Waals surface area contributed by atoms with Gasteiger partial charge >= 0.3 is 0 Å². The number of carbonyl (C=O) groups is 2. The van der Waals surface area contributed by atoms with Gasteiger partial charge in [0.05, 0.1) is 12.2 Å². The van der Waals surface area contributed by atoms with Crippen molar-refractivity contribution in [2.75, 3.05) is 17.7 Å². The van der Waals surface area contributed by atoms with Crippen molar-refractivity contribution in [2.24, 2.45) is 0 Å². The van der Waals surface area contributed by atoms with Gasteiger partial charge in [-0.25, -0.2) is 0 Å². The molecule has 0 fully saturated rings. The van der Waals surface area contributed by atoms with E-state index in [4.69, 9.17) is 0 Å². The second kappa shape index (κ2) is 7.83. The number of nitrogens with zero attached hydrogens (tertiary/aromatic N) is 4. The molecule has 1 aromatic heterocycles. The molecular formula is C22H22N4O2S. The summed E-state index contributed by atoms with van der Waals surface area (Å²) in [7, 11) is 1.76. The summed E-state index contributed by atoms with van der Waals surface area (Å²) in [6.45, 7) is 4.82. The molecule has 2 aromatic carbocycles. The molecule has 0 unspecified atom stereocenters. The lowest BCUT2D eigenvalue weighted by molar-refractivity contribution is -0.117. The minimum atomic E-state index is 0.0166. The Kier molecular flexibility index (Phi) is 5.24. The first kappa shape index (κ1) is 19.4. The van der Waals surface area contributed by atoms with Crippen molar-refractivity contribution in [3.05, 3.63) is 59.2 Å². The number of hydrogen-bond acceptors (Lipinski definition) is 5. The molecule has 0 N–H and O–H groups in total. The number of fused-ring (bicyclic) bond motifs is 1. The van der Waals surface area contributed by atoms with Crippen molar-refractivity contribution >= 4 is 29.1 Å². The van der Waals surface area contributed by atoms with Crippen LogP contribution in [0.4, 0.5) is 5.69 Å². The number of aryl methyl sites for hydroxylation is 1. The Hall–Kier alpha value is -2.93. The standard InChI is InChI=1S/C22H22N4O2S/c1-4-26-21(17-8-6-5-7-14(17)2)23-24-22(26)29-13-19(27)15-9-10-18-16(11-15)12-20(28)25(18)3/h5-11H,4,12-13H2,1-3H3. The van der Waals surface area contributed by atoms with Crippen LogP contribution < -0.4 is 4.90 Å². The molecule has 1 aliphatic heterocycles. The van der Waals surface area contributed by atoms with Gasteiger partial charge in [-0.1, -0.05) is 36.0 Å². The zero-order valence-corrected chi connectivity index (χ0v) is 17.5. The van der Waals surface area contributed by atoms with Crippen LogP contribution in [0.25, 0.3) is 11.4 Å². The average molecular weight is 407 g/mol. The smallest absolute Gasteiger partial charge is 0.231 e. The molecule has 1 amide bonds. The number of Topliss-reactive ketones (excluding diaryl/α,β-unsaturated/α-hetero) is 1. The van der Waals surface area contributed by atoms with Crippen LogP contribution >= 0.6 is 11.8 Å². The Balaban J connectivity index is 1.51. The highest BCUT2D eigenvalue weighted by atomic mass is 32.2. The largest absolute Gasteiger partial charge is 0.315 e. The zero-order chi connectivity index (χ0) is 20.5. The summed E-state index contributed by atoms with van der Waals surface area (Å²) in [5, 5.41) is 9.42. The van der Waals surface area contributed by atoms with Gasteiger partial charge in [0.15, 0.2) is 16.8 Å². The Morgan fingerprint density at radius 3 is 2.72 bits per heavy atom. The van der Waals surface area contributed by atoms with Gasteiger partial charge in [0, 0.05) is 30.4 Å². The maximum Gasteiger partial charge on any atom is 0.231 e. The fraction of sp³-hybridized carbons (Fsp3) is 0.273. The summed E-state index contributed by atoms with van der Waals surface area (Å²) in [4.78, 5) is 26.2. The van der Waals surface area contributed by atoms with Crippen LogP contribution in [-0.4, -0.2) is 39.3 Å². The molecule has 29 heavy (non-hydrogen) atoms. The van der Waals surface area contributed by atoms with Crippen LogP contribution in [-0.2, 0) is 17.8 Å². The highest BCUT2D eigenvalue weighted by Crippen LogP contribution is 2.30. The van der Waals surface area contributed by atoms with E-state index in [-0.39, 0.29) is 17.4 Å². The predicted molar refractivity (Wildman–Crippen MR) is 114 cm³/mol. The lowest BCUT2D eigenvalue weighted by atomic mass is 10.1. The van der Waals surface area contributed by atoms with Crippen LogP contribution in [0, 0.1) is 6.92 Å². The summed E-state index contributed by atoms with van der Waals surface area (Å²) in [6.07, 6.45) is 0.351. The third-order valence-corrected chi connectivity index (χ3v) is 6.20. The predicted octanol–water partition coefficient (Wildman–Crippen LogP) is 3.77. The minimum Gasteiger partial charge on any atom is -0.315 e. The minimum absolute atomic E-state index is 0.0166. The quantitative estimate of drug-likeness (QED) is 0.460. The molecule has 0 radical (unpaired) electrons. The maximum absolute atomic E-state index is 12.7. The molecule has 0 spiro atoms. The Morgan fingerprint density at radius 2 is 1.97 bits per heavy atom. The highest BCUT2D eigenvalue weighted by Gasteiger charge is 2.25. The van der Waals surface area contributed by atoms with Gasteiger partial charge in [-0.05, 0) is 43.2 Å². The van der Waals surface area contributed by atoms with E-state index in [0.29, 0.717) is 12.0 Å². The Bertz CT molecular complexity index is 1110. The van der Waals surface area contributed by atoms with E-state index in [9.17, 15) is 9.59 Å². The van der Waals surface area contributed by atoms with Gasteiger partial charge in [-0.15, -0.1) is 10.2 Å². The topological polar surface area (TPSA) is 68.1 Å². The van der Waals surface area contributed by atoms with E-state index >= 15 is 0 Å². The second-order valence-electron chi connectivity index (χ2n) is 7.05. The zero-order valence-electron chi connectivity index (χ0n) is 16.7. The number of aromatic nitrogens is 3. The van der Waals surface area contributed by atoms with E-state index < -0.39 is 0 Å². The van der Waals surface area contributed by atoms with Crippen molar-refractivity contribution in [3.8, 4) is 11.4 Å². The molecule has 0 aliphatic carbocycles. The van der Waals surface area contributed by atoms with Crippen LogP contribution in [0.2, 0.25) is 0 Å². The fourth-order valence-corrected chi connectivity index (χ4v) is 4.46. The van der Waals surface area contributed by atoms with Gasteiger partial charge < -0.3 is 9.47 Å². The van der Waals surface area contributed by atoms with Gasteiger partial charge in [0.2, 0.25) is 5.91 Å². The van der Waals surface area contributed by atoms with E-state index in [0.717, 1.165) is 39.9 Å². The fourth-order valence-electron chi connectivity index (χ4n) is 3.56. The van der Waals surface area contributed by atoms with Crippen LogP contribution in [0.1, 0.15) is 28.4 Å². The van der Waals surface area contributed by atoms with Gasteiger partial charge in [0.1, 0.15) is 0 Å². The lowest BCUT2D eigenvalue weighted by Gasteiger charge is -2.10. The van der Waals surface area contributed by atoms with E-state index in [1.807, 2.05) is 41.8 Å². The van der Waals surface area contributed by atoms with Gasteiger partial charge in [-0.3, -0.25) is 9.59 Å². The van der Waals surface area contributed by atoms with Crippen molar-refractivity contribution in [2.45, 2.75) is 32.0 Å². The molecule has 0 saturated heterocycles. The van der Waals surface area contributed by atoms with Crippen LogP contribution in [0.5, 0.6) is 0 Å². The van der Waals surface area contributed by atoms with Crippen LogP contribution in [0.15, 0.2) is 47.6 Å². The first-order valence-electron chi connectivity index (χ1n) is 9.54. The molecular weight excluding hydrogens is 384 g/mol. The number of likely N-dealkylation sites (N-methyl/N-ethyl adjacent to an activating group) is 1. The molecule has 4 rings (SSSR count). The lowest BCUT2D eigenvalue weighted by Crippen LogP contribution is -2.20. The SMILES string of the molecule is CCn1c(SCC(=O)c2ccc3c(c2)CC(=O)N3C)nnc1-c1ccccc1C. The number of rotatable bonds is 6. The second-order valence-corrected chi connectivity index (χ2v) is 7.99. The normalized spacial score (nSPS) is 13.1. The van der Waals surface area contributed by atoms with E-state index in [1.54, 1.807) is 18.0 Å². The average Bonchev–Trinajstić information content (AvgIpc) is 3.26. The summed E-state index contributed by atoms with van der Waals surface area (Å²) < 4.78 is 2.04. The number of ketones is 1. The molecule has 0 saturated carbocycles. The number of anilines is 1. The number of benzene rings is 2. The van der Waals surface area contributed by atoms with Gasteiger partial charge in [0.25, 0.3) is 0 Å². The molecule has 2 heterocycles. The molecule has 0 bridgehead atoms. The first-order chi connectivity index (χ1) is 14.0. The van der Waals surface area contributed by atoms with Crippen molar-refractivity contribution in [3.63, 3.8) is 0 Å². The monoisotopic (exact) mass is 406 g/mol. The summed E-state index contributed by atoms with van der Waals surface area (Å²) in [6, 6.07) is 13.6. The first-order valence-corrected chi connectivity index (χ1v) is 10.5. The highest BCUT2D eigenvalue weighted by molar-refractivity contribution is 7.99. The molecule has 3 aromatic rings. The maximum atomic E-state index is 12.7. The van der Waals surface area contributed by atoms with Crippen molar-refractivity contribution in [1.82, 2.24) is 14.8 Å².